The number of halogens is 3. The number of hydrogen-bond acceptors (Lipinski definition) is 3. The number of hydrogen-bond donors (Lipinski definition) is 1. The van der Waals surface area contributed by atoms with Crippen LogP contribution in [0.4, 0.5) is 5.82 Å². The maximum Gasteiger partial charge on any atom is 0.161 e. The lowest BCUT2D eigenvalue weighted by molar-refractivity contribution is 0.691. The molecule has 1 heterocycles. The van der Waals surface area contributed by atoms with E-state index in [1.165, 1.54) is 12.8 Å². The van der Waals surface area contributed by atoms with E-state index in [2.05, 4.69) is 20.9 Å². The van der Waals surface area contributed by atoms with Gasteiger partial charge in [0.25, 0.3) is 0 Å². The van der Waals surface area contributed by atoms with Gasteiger partial charge in [0.1, 0.15) is 5.82 Å². The first-order valence-corrected chi connectivity index (χ1v) is 8.39. The van der Waals surface area contributed by atoms with Crippen LogP contribution in [0, 0.1) is 0 Å². The highest BCUT2D eigenvalue weighted by Gasteiger charge is 2.23. The highest BCUT2D eigenvalue weighted by Crippen LogP contribution is 2.39. The van der Waals surface area contributed by atoms with Crippen LogP contribution in [0.2, 0.25) is 10.0 Å². The third kappa shape index (κ3) is 3.03. The molecule has 1 aromatic carbocycles. The molecule has 1 aliphatic rings. The number of nitrogens with two attached hydrogens (primary N) is 1. The zero-order chi connectivity index (χ0) is 15.0. The average Bonchev–Trinajstić information content (AvgIpc) is 2.98. The summed E-state index contributed by atoms with van der Waals surface area (Å²) in [5, 5.41) is 1.00. The number of anilines is 1. The molecule has 1 aromatic heterocycles. The molecule has 3 nitrogen and oxygen atoms in total. The Morgan fingerprint density at radius 3 is 2.48 bits per heavy atom. The summed E-state index contributed by atoms with van der Waals surface area (Å²) in [6.45, 7) is 0. The maximum absolute atomic E-state index is 6.07. The van der Waals surface area contributed by atoms with Crippen molar-refractivity contribution in [1.29, 1.82) is 0 Å². The number of rotatable bonds is 2. The van der Waals surface area contributed by atoms with Crippen LogP contribution in [-0.2, 0) is 0 Å². The zero-order valence-corrected chi connectivity index (χ0v) is 14.3. The van der Waals surface area contributed by atoms with Crippen molar-refractivity contribution in [2.24, 2.45) is 0 Å². The van der Waals surface area contributed by atoms with Crippen molar-refractivity contribution >= 4 is 44.9 Å². The number of nitrogen functional groups attached to an aromatic ring is 1. The van der Waals surface area contributed by atoms with Crippen LogP contribution in [0.15, 0.2) is 22.7 Å². The van der Waals surface area contributed by atoms with E-state index in [0.29, 0.717) is 27.6 Å². The van der Waals surface area contributed by atoms with Crippen molar-refractivity contribution in [2.75, 3.05) is 5.73 Å². The maximum atomic E-state index is 6.07. The second-order valence-electron chi connectivity index (χ2n) is 5.24. The molecule has 6 heteroatoms. The van der Waals surface area contributed by atoms with Crippen molar-refractivity contribution in [3.05, 3.63) is 38.4 Å². The van der Waals surface area contributed by atoms with Crippen LogP contribution < -0.4 is 5.73 Å². The summed E-state index contributed by atoms with van der Waals surface area (Å²) in [4.78, 5) is 9.08. The van der Waals surface area contributed by atoms with Crippen molar-refractivity contribution in [3.63, 3.8) is 0 Å². The Bertz CT molecular complexity index is 685. The first-order chi connectivity index (χ1) is 10.1. The average molecular weight is 387 g/mol. The lowest BCUT2D eigenvalue weighted by atomic mass is 10.0. The predicted molar refractivity (Wildman–Crippen MR) is 90.8 cm³/mol. The molecule has 0 amide bonds. The first-order valence-electron chi connectivity index (χ1n) is 6.84. The van der Waals surface area contributed by atoms with Gasteiger partial charge in [-0.15, -0.1) is 0 Å². The Labute approximate surface area is 142 Å². The molecule has 3 rings (SSSR count). The lowest BCUT2D eigenvalue weighted by Gasteiger charge is -2.14. The first kappa shape index (κ1) is 15.1. The molecule has 2 aromatic rings. The third-order valence-corrected chi connectivity index (χ3v) is 5.37. The van der Waals surface area contributed by atoms with Crippen LogP contribution in [0.5, 0.6) is 0 Å². The molecule has 21 heavy (non-hydrogen) atoms. The smallest absolute Gasteiger partial charge is 0.161 e. The van der Waals surface area contributed by atoms with E-state index in [9.17, 15) is 0 Å². The third-order valence-electron chi connectivity index (χ3n) is 3.82. The van der Waals surface area contributed by atoms with E-state index < -0.39 is 0 Å². The van der Waals surface area contributed by atoms with Gasteiger partial charge in [-0.3, -0.25) is 0 Å². The molecule has 0 aliphatic heterocycles. The summed E-state index contributed by atoms with van der Waals surface area (Å²) in [6.07, 6.45) is 4.78. The summed E-state index contributed by atoms with van der Waals surface area (Å²) >= 11 is 15.6. The number of aromatic nitrogens is 2. The van der Waals surface area contributed by atoms with Gasteiger partial charge in [-0.1, -0.05) is 36.0 Å². The molecule has 1 aliphatic carbocycles. The van der Waals surface area contributed by atoms with Gasteiger partial charge in [-0.2, -0.15) is 0 Å². The van der Waals surface area contributed by atoms with Crippen molar-refractivity contribution in [2.45, 2.75) is 31.6 Å². The van der Waals surface area contributed by atoms with Crippen LogP contribution in [-0.4, -0.2) is 9.97 Å². The fourth-order valence-electron chi connectivity index (χ4n) is 2.72. The second-order valence-corrected chi connectivity index (χ2v) is 6.85. The number of nitrogens with zero attached hydrogens (tertiary/aromatic N) is 2. The van der Waals surface area contributed by atoms with Gasteiger partial charge in [-0.25, -0.2) is 9.97 Å². The molecule has 110 valence electrons. The molecular formula is C15H14BrCl2N3. The summed E-state index contributed by atoms with van der Waals surface area (Å²) < 4.78 is 0.818. The Morgan fingerprint density at radius 1 is 1.10 bits per heavy atom. The summed E-state index contributed by atoms with van der Waals surface area (Å²) in [5.41, 5.74) is 7.86. The van der Waals surface area contributed by atoms with E-state index in [1.807, 2.05) is 6.07 Å². The monoisotopic (exact) mass is 385 g/mol. The molecule has 1 saturated carbocycles. The highest BCUT2D eigenvalue weighted by atomic mass is 79.9. The van der Waals surface area contributed by atoms with Crippen molar-refractivity contribution in [1.82, 2.24) is 9.97 Å². The Balaban J connectivity index is 2.08. The van der Waals surface area contributed by atoms with E-state index in [0.717, 1.165) is 28.6 Å². The topological polar surface area (TPSA) is 51.8 Å². The molecule has 0 saturated heterocycles. The molecule has 2 N–H and O–H groups in total. The Kier molecular flexibility index (Phi) is 4.38. The van der Waals surface area contributed by atoms with Gasteiger partial charge in [0, 0.05) is 11.5 Å². The van der Waals surface area contributed by atoms with Crippen LogP contribution in [0.1, 0.15) is 37.3 Å². The molecule has 0 bridgehead atoms. The molecule has 0 spiro atoms. The largest absolute Gasteiger partial charge is 0.383 e. The summed E-state index contributed by atoms with van der Waals surface area (Å²) in [6, 6.07) is 5.37. The van der Waals surface area contributed by atoms with Crippen molar-refractivity contribution in [3.8, 4) is 11.4 Å². The Hall–Kier alpha value is -0.840. The highest BCUT2D eigenvalue weighted by molar-refractivity contribution is 9.10. The summed E-state index contributed by atoms with van der Waals surface area (Å²) in [5.74, 6) is 1.51. The molecule has 0 radical (unpaired) electrons. The second kappa shape index (κ2) is 6.11. The molecular weight excluding hydrogens is 373 g/mol. The minimum atomic E-state index is 0.450. The minimum absolute atomic E-state index is 0.450. The van der Waals surface area contributed by atoms with E-state index in [4.69, 9.17) is 33.9 Å². The fraction of sp³-hybridized carbons (Fsp3) is 0.333. The standard InChI is InChI=1S/C15H14BrCl2N3/c16-12-13(8-3-1-2-4-8)20-15(21-14(12)19)9-5-6-10(17)11(18)7-9/h5-8H,1-4H2,(H2,19,20,21). The van der Waals surface area contributed by atoms with Gasteiger partial charge in [0.15, 0.2) is 5.82 Å². The van der Waals surface area contributed by atoms with Gasteiger partial charge in [0.2, 0.25) is 0 Å². The van der Waals surface area contributed by atoms with E-state index in [-0.39, 0.29) is 0 Å². The lowest BCUT2D eigenvalue weighted by Crippen LogP contribution is -2.05. The minimum Gasteiger partial charge on any atom is -0.383 e. The van der Waals surface area contributed by atoms with E-state index >= 15 is 0 Å². The quantitative estimate of drug-likeness (QED) is 0.746. The molecule has 0 unspecified atom stereocenters. The SMILES string of the molecule is Nc1nc(-c2ccc(Cl)c(Cl)c2)nc(C2CCCC2)c1Br. The number of benzene rings is 1. The van der Waals surface area contributed by atoms with Gasteiger partial charge in [0.05, 0.1) is 20.2 Å². The van der Waals surface area contributed by atoms with Gasteiger partial charge < -0.3 is 5.73 Å². The van der Waals surface area contributed by atoms with Gasteiger partial charge in [-0.05, 0) is 47.0 Å². The predicted octanol–water partition coefficient (Wildman–Crippen LogP) is 5.45. The van der Waals surface area contributed by atoms with Crippen LogP contribution in [0.25, 0.3) is 11.4 Å². The fourth-order valence-corrected chi connectivity index (χ4v) is 3.52. The Morgan fingerprint density at radius 2 is 1.81 bits per heavy atom. The van der Waals surface area contributed by atoms with Crippen LogP contribution in [0.3, 0.4) is 0 Å². The molecule has 1 fully saturated rings. The van der Waals surface area contributed by atoms with Crippen molar-refractivity contribution < 1.29 is 0 Å². The van der Waals surface area contributed by atoms with Crippen LogP contribution >= 0.6 is 39.1 Å². The van der Waals surface area contributed by atoms with Gasteiger partial charge >= 0.3 is 0 Å². The zero-order valence-electron chi connectivity index (χ0n) is 11.2. The normalized spacial score (nSPS) is 15.6. The summed E-state index contributed by atoms with van der Waals surface area (Å²) in [7, 11) is 0. The molecule has 0 atom stereocenters. The van der Waals surface area contributed by atoms with E-state index in [1.54, 1.807) is 12.1 Å².